The first-order valence-corrected chi connectivity index (χ1v) is 6.92. The number of likely N-dealkylation sites (tertiary alicyclic amines) is 1. The van der Waals surface area contributed by atoms with E-state index in [1.54, 1.807) is 18.3 Å². The first-order valence-electron chi connectivity index (χ1n) is 6.92. The summed E-state index contributed by atoms with van der Waals surface area (Å²) in [5, 5.41) is 4.28. The minimum atomic E-state index is -4.32. The van der Waals surface area contributed by atoms with E-state index < -0.39 is 11.7 Å². The van der Waals surface area contributed by atoms with Gasteiger partial charge in [0, 0.05) is 24.8 Å². The Labute approximate surface area is 121 Å². The predicted octanol–water partition coefficient (Wildman–Crippen LogP) is 3.45. The molecule has 112 valence electrons. The van der Waals surface area contributed by atoms with Crippen LogP contribution in [-0.2, 0) is 6.18 Å². The lowest BCUT2D eigenvalue weighted by molar-refractivity contribution is -0.137. The molecule has 1 fully saturated rings. The monoisotopic (exact) mass is 295 g/mol. The predicted molar refractivity (Wildman–Crippen MR) is 73.8 cm³/mol. The van der Waals surface area contributed by atoms with Crippen molar-refractivity contribution in [1.82, 2.24) is 14.7 Å². The summed E-state index contributed by atoms with van der Waals surface area (Å²) in [7, 11) is 0. The highest BCUT2D eigenvalue weighted by Gasteiger charge is 2.32. The fourth-order valence-corrected chi connectivity index (χ4v) is 2.64. The van der Waals surface area contributed by atoms with Gasteiger partial charge >= 0.3 is 6.18 Å². The number of rotatable bonds is 3. The molecule has 0 N–H and O–H groups in total. The average Bonchev–Trinajstić information content (AvgIpc) is 2.86. The summed E-state index contributed by atoms with van der Waals surface area (Å²) < 4.78 is 40.3. The maximum atomic E-state index is 12.8. The van der Waals surface area contributed by atoms with Gasteiger partial charge in [-0.25, -0.2) is 0 Å². The second kappa shape index (κ2) is 5.18. The lowest BCUT2D eigenvalue weighted by atomic mass is 10.1. The lowest BCUT2D eigenvalue weighted by Gasteiger charge is -2.39. The smallest absolute Gasteiger partial charge is 0.299 e. The summed E-state index contributed by atoms with van der Waals surface area (Å²) in [6.07, 6.45) is -2.68. The fourth-order valence-electron chi connectivity index (χ4n) is 2.64. The van der Waals surface area contributed by atoms with Crippen LogP contribution in [0, 0.1) is 0 Å². The molecule has 1 aliphatic heterocycles. The largest absolute Gasteiger partial charge is 0.416 e. The Morgan fingerprint density at radius 2 is 2.00 bits per heavy atom. The summed E-state index contributed by atoms with van der Waals surface area (Å²) in [5.41, 5.74) is 0.663. The molecule has 0 saturated carbocycles. The highest BCUT2D eigenvalue weighted by molar-refractivity contribution is 5.60. The van der Waals surface area contributed by atoms with Crippen molar-refractivity contribution in [2.24, 2.45) is 0 Å². The Kier molecular flexibility index (Phi) is 3.49. The van der Waals surface area contributed by atoms with E-state index in [0.717, 1.165) is 31.4 Å². The van der Waals surface area contributed by atoms with Crippen LogP contribution in [-0.4, -0.2) is 34.3 Å². The Balaban J connectivity index is 1.90. The molecule has 0 radical (unpaired) electrons. The van der Waals surface area contributed by atoms with E-state index >= 15 is 0 Å². The summed E-state index contributed by atoms with van der Waals surface area (Å²) in [5.74, 6) is 0. The van der Waals surface area contributed by atoms with Crippen molar-refractivity contribution in [3.05, 3.63) is 42.1 Å². The third kappa shape index (κ3) is 2.68. The molecular formula is C15H16F3N3. The number of hydrogen-bond donors (Lipinski definition) is 0. The van der Waals surface area contributed by atoms with Gasteiger partial charge in [0.25, 0.3) is 0 Å². The summed E-state index contributed by atoms with van der Waals surface area (Å²) >= 11 is 0. The van der Waals surface area contributed by atoms with Gasteiger partial charge in [-0.3, -0.25) is 9.58 Å². The molecule has 0 atom stereocenters. The van der Waals surface area contributed by atoms with E-state index in [1.807, 2.05) is 4.68 Å². The molecule has 1 aromatic carbocycles. The molecule has 3 nitrogen and oxygen atoms in total. The fraction of sp³-hybridized carbons (Fsp3) is 0.400. The molecule has 0 aliphatic carbocycles. The third-order valence-corrected chi connectivity index (χ3v) is 3.89. The zero-order chi connectivity index (χ0) is 15.0. The van der Waals surface area contributed by atoms with Gasteiger partial charge in [0.05, 0.1) is 17.3 Å². The first kappa shape index (κ1) is 14.1. The number of alkyl halides is 3. The molecule has 0 unspecified atom stereocenters. The number of benzene rings is 1. The van der Waals surface area contributed by atoms with Gasteiger partial charge in [0.15, 0.2) is 0 Å². The van der Waals surface area contributed by atoms with Gasteiger partial charge in [-0.15, -0.1) is 0 Å². The maximum absolute atomic E-state index is 12.8. The van der Waals surface area contributed by atoms with Crippen molar-refractivity contribution < 1.29 is 13.2 Å². The highest BCUT2D eigenvalue weighted by atomic mass is 19.4. The van der Waals surface area contributed by atoms with Crippen molar-refractivity contribution in [2.45, 2.75) is 19.1 Å². The van der Waals surface area contributed by atoms with Crippen LogP contribution in [0.3, 0.4) is 0 Å². The van der Waals surface area contributed by atoms with Gasteiger partial charge in [-0.05, 0) is 24.7 Å². The van der Waals surface area contributed by atoms with Crippen molar-refractivity contribution in [2.75, 3.05) is 19.6 Å². The molecule has 0 bridgehead atoms. The van der Waals surface area contributed by atoms with Gasteiger partial charge in [0.1, 0.15) is 0 Å². The second-order valence-electron chi connectivity index (χ2n) is 5.25. The zero-order valence-electron chi connectivity index (χ0n) is 11.6. The van der Waals surface area contributed by atoms with Gasteiger partial charge in [-0.1, -0.05) is 19.1 Å². The minimum Gasteiger partial charge on any atom is -0.299 e. The summed E-state index contributed by atoms with van der Waals surface area (Å²) in [6.45, 7) is 4.86. The van der Waals surface area contributed by atoms with Gasteiger partial charge in [-0.2, -0.15) is 18.3 Å². The Bertz CT molecular complexity index is 627. The van der Waals surface area contributed by atoms with Crippen molar-refractivity contribution >= 4 is 0 Å². The number of hydrogen-bond acceptors (Lipinski definition) is 2. The Morgan fingerprint density at radius 1 is 1.24 bits per heavy atom. The molecule has 2 heterocycles. The number of likely N-dealkylation sites (N-methyl/N-ethyl adjacent to an activating group) is 1. The first-order chi connectivity index (χ1) is 9.99. The van der Waals surface area contributed by atoms with E-state index in [4.69, 9.17) is 0 Å². The molecule has 0 spiro atoms. The van der Waals surface area contributed by atoms with E-state index in [2.05, 4.69) is 16.9 Å². The van der Waals surface area contributed by atoms with Crippen LogP contribution in [0.4, 0.5) is 13.2 Å². The van der Waals surface area contributed by atoms with Gasteiger partial charge in [0.2, 0.25) is 0 Å². The number of aromatic nitrogens is 2. The molecule has 1 saturated heterocycles. The highest BCUT2D eigenvalue weighted by Crippen LogP contribution is 2.33. The maximum Gasteiger partial charge on any atom is 0.416 e. The van der Waals surface area contributed by atoms with Crippen LogP contribution < -0.4 is 0 Å². The minimum absolute atomic E-state index is 0.240. The average molecular weight is 295 g/mol. The topological polar surface area (TPSA) is 21.1 Å². The molecule has 1 aliphatic rings. The number of halogens is 3. The van der Waals surface area contributed by atoms with Crippen molar-refractivity contribution in [1.29, 1.82) is 0 Å². The normalized spacial score (nSPS) is 17.0. The molecule has 0 amide bonds. The Morgan fingerprint density at radius 3 is 2.67 bits per heavy atom. The van der Waals surface area contributed by atoms with Crippen LogP contribution >= 0.6 is 0 Å². The van der Waals surface area contributed by atoms with Crippen molar-refractivity contribution in [3.63, 3.8) is 0 Å². The molecule has 21 heavy (non-hydrogen) atoms. The van der Waals surface area contributed by atoms with Gasteiger partial charge < -0.3 is 0 Å². The molecule has 2 aromatic rings. The summed E-state index contributed by atoms with van der Waals surface area (Å²) in [4.78, 5) is 2.27. The van der Waals surface area contributed by atoms with E-state index in [9.17, 15) is 13.2 Å². The quantitative estimate of drug-likeness (QED) is 0.865. The zero-order valence-corrected chi connectivity index (χ0v) is 11.6. The third-order valence-electron chi connectivity index (χ3n) is 3.89. The standard InChI is InChI=1S/C15H16F3N3/c1-2-20-9-13(10-20)21-14(6-7-19-21)11-4-3-5-12(8-11)15(16,17)18/h3-8,13H,2,9-10H2,1H3. The lowest BCUT2D eigenvalue weighted by Crippen LogP contribution is -2.47. The molecule has 1 aromatic heterocycles. The SMILES string of the molecule is CCN1CC(n2nccc2-c2cccc(C(F)(F)F)c2)C1. The van der Waals surface area contributed by atoms with E-state index in [0.29, 0.717) is 5.56 Å². The van der Waals surface area contributed by atoms with Crippen LogP contribution in [0.25, 0.3) is 11.3 Å². The number of nitrogens with zero attached hydrogens (tertiary/aromatic N) is 3. The summed E-state index contributed by atoms with van der Waals surface area (Å²) in [6, 6.07) is 7.41. The van der Waals surface area contributed by atoms with E-state index in [-0.39, 0.29) is 6.04 Å². The van der Waals surface area contributed by atoms with Crippen molar-refractivity contribution in [3.8, 4) is 11.3 Å². The molecule has 6 heteroatoms. The van der Waals surface area contributed by atoms with Crippen LogP contribution in [0.15, 0.2) is 36.5 Å². The van der Waals surface area contributed by atoms with Crippen LogP contribution in [0.5, 0.6) is 0 Å². The Hall–Kier alpha value is -1.82. The van der Waals surface area contributed by atoms with Crippen LogP contribution in [0.2, 0.25) is 0 Å². The second-order valence-corrected chi connectivity index (χ2v) is 5.25. The van der Waals surface area contributed by atoms with E-state index in [1.165, 1.54) is 12.1 Å². The molecule has 3 rings (SSSR count). The van der Waals surface area contributed by atoms with Crippen LogP contribution in [0.1, 0.15) is 18.5 Å². The molecular weight excluding hydrogens is 279 g/mol.